The molecular weight excluding hydrogens is 242 g/mol. The number of nitrogens with one attached hydrogen (secondary N) is 1. The van der Waals surface area contributed by atoms with E-state index in [1.807, 2.05) is 6.07 Å². The number of likely N-dealkylation sites (tertiary alicyclic amines) is 1. The summed E-state index contributed by atoms with van der Waals surface area (Å²) in [4.78, 5) is 13.1. The lowest BCUT2D eigenvalue weighted by atomic mass is 10.1. The molecule has 0 saturated carbocycles. The van der Waals surface area contributed by atoms with Crippen molar-refractivity contribution < 1.29 is 4.92 Å². The van der Waals surface area contributed by atoms with Crippen molar-refractivity contribution in [2.45, 2.75) is 32.9 Å². The molecule has 0 spiro atoms. The Balaban J connectivity index is 2.25. The summed E-state index contributed by atoms with van der Waals surface area (Å²) in [5.41, 5.74) is 1.79. The maximum Gasteiger partial charge on any atom is 0.292 e. The Kier molecular flexibility index (Phi) is 4.04. The minimum Gasteiger partial charge on any atom is -0.382 e. The van der Waals surface area contributed by atoms with Crippen LogP contribution in [0.3, 0.4) is 0 Å². The Labute approximate surface area is 113 Å². The van der Waals surface area contributed by atoms with Crippen molar-refractivity contribution in [2.75, 3.05) is 18.9 Å². The van der Waals surface area contributed by atoms with Gasteiger partial charge in [-0.2, -0.15) is 0 Å². The van der Waals surface area contributed by atoms with E-state index >= 15 is 0 Å². The third kappa shape index (κ3) is 2.87. The lowest BCUT2D eigenvalue weighted by Gasteiger charge is -2.22. The van der Waals surface area contributed by atoms with Gasteiger partial charge in [0.2, 0.25) is 0 Å². The van der Waals surface area contributed by atoms with Gasteiger partial charge in [-0.05, 0) is 24.8 Å². The fourth-order valence-corrected chi connectivity index (χ4v) is 2.98. The van der Waals surface area contributed by atoms with Crippen molar-refractivity contribution in [3.8, 4) is 0 Å². The van der Waals surface area contributed by atoms with Crippen molar-refractivity contribution in [2.24, 2.45) is 5.92 Å². The molecule has 2 rings (SSSR count). The summed E-state index contributed by atoms with van der Waals surface area (Å²) in [6, 6.07) is 5.82. The molecule has 1 aromatic carbocycles. The van der Waals surface area contributed by atoms with Gasteiger partial charge >= 0.3 is 0 Å². The highest BCUT2D eigenvalue weighted by Gasteiger charge is 2.27. The van der Waals surface area contributed by atoms with Crippen LogP contribution >= 0.6 is 0 Å². The number of nitrogens with zero attached hydrogens (tertiary/aromatic N) is 2. The second-order valence-corrected chi connectivity index (χ2v) is 5.44. The van der Waals surface area contributed by atoms with Crippen LogP contribution in [0.5, 0.6) is 0 Å². The molecule has 19 heavy (non-hydrogen) atoms. The fourth-order valence-electron chi connectivity index (χ4n) is 2.98. The first kappa shape index (κ1) is 13.8. The standard InChI is InChI=1S/C14H21N3O2/c1-10-7-11(2)16(8-10)9-12-5-4-6-13(17(18)19)14(12)15-3/h4-6,10-11,15H,7-9H2,1-3H3. The quantitative estimate of drug-likeness (QED) is 0.670. The maximum absolute atomic E-state index is 11.0. The predicted molar refractivity (Wildman–Crippen MR) is 76.3 cm³/mol. The van der Waals surface area contributed by atoms with Gasteiger partial charge < -0.3 is 5.32 Å². The molecule has 1 heterocycles. The van der Waals surface area contributed by atoms with Crippen LogP contribution < -0.4 is 5.32 Å². The van der Waals surface area contributed by atoms with Crippen molar-refractivity contribution in [1.82, 2.24) is 4.90 Å². The Morgan fingerprint density at radius 3 is 2.74 bits per heavy atom. The third-order valence-electron chi connectivity index (χ3n) is 3.86. The molecule has 0 bridgehead atoms. The van der Waals surface area contributed by atoms with E-state index in [-0.39, 0.29) is 10.6 Å². The van der Waals surface area contributed by atoms with E-state index in [9.17, 15) is 10.1 Å². The Morgan fingerprint density at radius 1 is 1.47 bits per heavy atom. The molecule has 5 heteroatoms. The van der Waals surface area contributed by atoms with Crippen molar-refractivity contribution in [1.29, 1.82) is 0 Å². The summed E-state index contributed by atoms with van der Waals surface area (Å²) in [6.45, 7) is 6.30. The molecule has 1 fully saturated rings. The Hall–Kier alpha value is -1.62. The van der Waals surface area contributed by atoms with E-state index < -0.39 is 0 Å². The van der Waals surface area contributed by atoms with Gasteiger partial charge in [-0.15, -0.1) is 0 Å². The van der Waals surface area contributed by atoms with Crippen molar-refractivity contribution >= 4 is 11.4 Å². The summed E-state index contributed by atoms with van der Waals surface area (Å²) in [5.74, 6) is 0.701. The lowest BCUT2D eigenvalue weighted by Crippen LogP contribution is -2.27. The number of para-hydroxylation sites is 1. The van der Waals surface area contributed by atoms with Gasteiger partial charge in [0.05, 0.1) is 4.92 Å². The van der Waals surface area contributed by atoms with Crippen LogP contribution in [0.15, 0.2) is 18.2 Å². The third-order valence-corrected chi connectivity index (χ3v) is 3.86. The first-order valence-electron chi connectivity index (χ1n) is 6.71. The van der Waals surface area contributed by atoms with Crippen molar-refractivity contribution in [3.63, 3.8) is 0 Å². The van der Waals surface area contributed by atoms with Crippen LogP contribution in [0, 0.1) is 16.0 Å². The molecule has 1 aliphatic heterocycles. The Bertz CT molecular complexity index is 476. The topological polar surface area (TPSA) is 58.4 Å². The monoisotopic (exact) mass is 263 g/mol. The first-order chi connectivity index (χ1) is 9.02. The summed E-state index contributed by atoms with van der Waals surface area (Å²) >= 11 is 0. The number of rotatable bonds is 4. The van der Waals surface area contributed by atoms with Gasteiger partial charge in [-0.1, -0.05) is 19.1 Å². The number of hydrogen-bond donors (Lipinski definition) is 1. The Morgan fingerprint density at radius 2 is 2.21 bits per heavy atom. The van der Waals surface area contributed by atoms with Crippen LogP contribution in [0.2, 0.25) is 0 Å². The molecule has 2 atom stereocenters. The van der Waals surface area contributed by atoms with Crippen LogP contribution in [0.1, 0.15) is 25.8 Å². The van der Waals surface area contributed by atoms with Crippen LogP contribution in [-0.4, -0.2) is 29.5 Å². The zero-order chi connectivity index (χ0) is 14.0. The van der Waals surface area contributed by atoms with E-state index in [1.54, 1.807) is 19.2 Å². The highest BCUT2D eigenvalue weighted by Crippen LogP contribution is 2.31. The second kappa shape index (κ2) is 5.57. The first-order valence-corrected chi connectivity index (χ1v) is 6.71. The fraction of sp³-hybridized carbons (Fsp3) is 0.571. The average molecular weight is 263 g/mol. The van der Waals surface area contributed by atoms with E-state index in [2.05, 4.69) is 24.1 Å². The smallest absolute Gasteiger partial charge is 0.292 e. The summed E-state index contributed by atoms with van der Waals surface area (Å²) < 4.78 is 0. The number of benzene rings is 1. The van der Waals surface area contributed by atoms with Crippen LogP contribution in [-0.2, 0) is 6.54 Å². The average Bonchev–Trinajstić information content (AvgIpc) is 2.67. The van der Waals surface area contributed by atoms with Gasteiger partial charge in [0.25, 0.3) is 5.69 Å². The second-order valence-electron chi connectivity index (χ2n) is 5.44. The zero-order valence-corrected chi connectivity index (χ0v) is 11.7. The molecule has 1 aliphatic rings. The molecular formula is C14H21N3O2. The predicted octanol–water partition coefficient (Wildman–Crippen LogP) is 2.87. The normalized spacial score (nSPS) is 23.5. The van der Waals surface area contributed by atoms with Gasteiger partial charge in [-0.25, -0.2) is 0 Å². The molecule has 1 saturated heterocycles. The van der Waals surface area contributed by atoms with Crippen LogP contribution in [0.25, 0.3) is 0 Å². The number of nitro groups is 1. The molecule has 1 N–H and O–H groups in total. The van der Waals surface area contributed by atoms with E-state index in [0.717, 1.165) is 18.7 Å². The highest BCUT2D eigenvalue weighted by atomic mass is 16.6. The van der Waals surface area contributed by atoms with Crippen LogP contribution in [0.4, 0.5) is 11.4 Å². The number of hydrogen-bond acceptors (Lipinski definition) is 4. The molecule has 0 amide bonds. The van der Waals surface area contributed by atoms with E-state index in [1.165, 1.54) is 6.42 Å². The molecule has 0 aromatic heterocycles. The molecule has 2 unspecified atom stereocenters. The molecule has 0 aliphatic carbocycles. The molecule has 1 aromatic rings. The number of nitro benzene ring substituents is 1. The van der Waals surface area contributed by atoms with Gasteiger partial charge in [0, 0.05) is 32.2 Å². The largest absolute Gasteiger partial charge is 0.382 e. The van der Waals surface area contributed by atoms with Gasteiger partial charge in [-0.3, -0.25) is 15.0 Å². The lowest BCUT2D eigenvalue weighted by molar-refractivity contribution is -0.384. The molecule has 104 valence electrons. The van der Waals surface area contributed by atoms with Crippen molar-refractivity contribution in [3.05, 3.63) is 33.9 Å². The SMILES string of the molecule is CNc1c(CN2CC(C)CC2C)cccc1[N+](=O)[O-]. The summed E-state index contributed by atoms with van der Waals surface area (Å²) in [6.07, 6.45) is 1.20. The van der Waals surface area contributed by atoms with E-state index in [4.69, 9.17) is 0 Å². The highest BCUT2D eigenvalue weighted by molar-refractivity contribution is 5.66. The van der Waals surface area contributed by atoms with E-state index in [0.29, 0.717) is 17.6 Å². The number of anilines is 1. The molecule has 0 radical (unpaired) electrons. The van der Waals surface area contributed by atoms with Gasteiger partial charge in [0.1, 0.15) is 5.69 Å². The molecule has 5 nitrogen and oxygen atoms in total. The minimum absolute atomic E-state index is 0.153. The zero-order valence-electron chi connectivity index (χ0n) is 11.7. The van der Waals surface area contributed by atoms with Gasteiger partial charge in [0.15, 0.2) is 0 Å². The summed E-state index contributed by atoms with van der Waals surface area (Å²) in [7, 11) is 1.74. The maximum atomic E-state index is 11.0. The summed E-state index contributed by atoms with van der Waals surface area (Å²) in [5, 5.41) is 14.0. The minimum atomic E-state index is -0.328.